The first-order chi connectivity index (χ1) is 3.85. The smallest absolute Gasteiger partial charge is 0.0270 e. The van der Waals surface area contributed by atoms with Gasteiger partial charge < -0.3 is 0 Å². The fraction of sp³-hybridized carbons (Fsp3) is 0.889. The van der Waals surface area contributed by atoms with Crippen LogP contribution in [0.25, 0.3) is 0 Å². The Morgan fingerprint density at radius 2 is 1.44 bits per heavy atom. The van der Waals surface area contributed by atoms with E-state index >= 15 is 0 Å². The van der Waals surface area contributed by atoms with Gasteiger partial charge in [-0.25, -0.2) is 0 Å². The van der Waals surface area contributed by atoms with Gasteiger partial charge in [0.1, 0.15) is 0 Å². The fourth-order valence-corrected chi connectivity index (χ4v) is 0.866. The predicted molar refractivity (Wildman–Crippen MR) is 43.2 cm³/mol. The van der Waals surface area contributed by atoms with Crippen molar-refractivity contribution in [2.24, 2.45) is 11.3 Å². The molecule has 55 valence electrons. The second-order valence-corrected chi connectivity index (χ2v) is 4.17. The van der Waals surface area contributed by atoms with Crippen LogP contribution in [0.3, 0.4) is 0 Å². The van der Waals surface area contributed by atoms with Crippen LogP contribution in [0, 0.1) is 17.3 Å². The highest BCUT2D eigenvalue weighted by Gasteiger charge is 2.22. The second kappa shape index (κ2) is 2.72. The van der Waals surface area contributed by atoms with Crippen LogP contribution in [0.4, 0.5) is 0 Å². The summed E-state index contributed by atoms with van der Waals surface area (Å²) in [6, 6.07) is 0. The SMILES string of the molecule is C[C](C)C(C)C(C)(C)C. The Morgan fingerprint density at radius 1 is 1.11 bits per heavy atom. The molecule has 0 aromatic rings. The molecule has 0 rings (SSSR count). The summed E-state index contributed by atoms with van der Waals surface area (Å²) in [5.41, 5.74) is 0.443. The van der Waals surface area contributed by atoms with Gasteiger partial charge in [-0.15, -0.1) is 0 Å². The third kappa shape index (κ3) is 2.88. The highest BCUT2D eigenvalue weighted by atomic mass is 14.3. The minimum absolute atomic E-state index is 0.443. The Bertz CT molecular complexity index is 74.5. The molecular formula is C9H19. The summed E-state index contributed by atoms with van der Waals surface area (Å²) < 4.78 is 0. The molecule has 1 radical (unpaired) electrons. The van der Waals surface area contributed by atoms with Gasteiger partial charge in [0.15, 0.2) is 0 Å². The monoisotopic (exact) mass is 127 g/mol. The Morgan fingerprint density at radius 3 is 1.44 bits per heavy atom. The van der Waals surface area contributed by atoms with E-state index in [9.17, 15) is 0 Å². The summed E-state index contributed by atoms with van der Waals surface area (Å²) in [5.74, 6) is 2.26. The second-order valence-electron chi connectivity index (χ2n) is 4.17. The lowest BCUT2D eigenvalue weighted by Gasteiger charge is -2.29. The number of hydrogen-bond acceptors (Lipinski definition) is 0. The van der Waals surface area contributed by atoms with E-state index in [1.165, 1.54) is 5.92 Å². The summed E-state index contributed by atoms with van der Waals surface area (Å²) in [6.45, 7) is 13.5. The zero-order chi connectivity index (χ0) is 7.65. The fourth-order valence-electron chi connectivity index (χ4n) is 0.866. The summed E-state index contributed by atoms with van der Waals surface area (Å²) in [5, 5.41) is 0. The van der Waals surface area contributed by atoms with Crippen LogP contribution in [-0.4, -0.2) is 0 Å². The maximum absolute atomic E-state index is 2.29. The first kappa shape index (κ1) is 9.00. The zero-order valence-electron chi connectivity index (χ0n) is 7.58. The third-order valence-corrected chi connectivity index (χ3v) is 2.17. The predicted octanol–water partition coefficient (Wildman–Crippen LogP) is 3.28. The summed E-state index contributed by atoms with van der Waals surface area (Å²) in [4.78, 5) is 0. The average Bonchev–Trinajstić information content (AvgIpc) is 1.62. The Balaban J connectivity index is 3.88. The highest BCUT2D eigenvalue weighted by Crippen LogP contribution is 2.31. The molecule has 0 saturated heterocycles. The number of hydrogen-bond donors (Lipinski definition) is 0. The van der Waals surface area contributed by atoms with Gasteiger partial charge in [0.25, 0.3) is 0 Å². The van der Waals surface area contributed by atoms with E-state index in [0.717, 1.165) is 5.92 Å². The van der Waals surface area contributed by atoms with Crippen LogP contribution in [0.15, 0.2) is 0 Å². The topological polar surface area (TPSA) is 0 Å². The summed E-state index contributed by atoms with van der Waals surface area (Å²) >= 11 is 0. The van der Waals surface area contributed by atoms with E-state index in [4.69, 9.17) is 0 Å². The summed E-state index contributed by atoms with van der Waals surface area (Å²) in [7, 11) is 0. The van der Waals surface area contributed by atoms with Crippen molar-refractivity contribution < 1.29 is 0 Å². The van der Waals surface area contributed by atoms with E-state index in [1.54, 1.807) is 0 Å². The van der Waals surface area contributed by atoms with Gasteiger partial charge in [-0.2, -0.15) is 0 Å². The highest BCUT2D eigenvalue weighted by molar-refractivity contribution is 4.90. The van der Waals surface area contributed by atoms with Crippen LogP contribution >= 0.6 is 0 Å². The van der Waals surface area contributed by atoms with Gasteiger partial charge in [-0.05, 0) is 17.3 Å². The molecule has 0 heteroatoms. The first-order valence-corrected chi connectivity index (χ1v) is 3.65. The lowest BCUT2D eigenvalue weighted by atomic mass is 9.76. The van der Waals surface area contributed by atoms with Gasteiger partial charge in [0, 0.05) is 0 Å². The molecule has 9 heavy (non-hydrogen) atoms. The van der Waals surface area contributed by atoms with Crippen LogP contribution in [-0.2, 0) is 0 Å². The van der Waals surface area contributed by atoms with Gasteiger partial charge >= 0.3 is 0 Å². The molecule has 0 fully saturated rings. The maximum atomic E-state index is 2.29. The van der Waals surface area contributed by atoms with Crippen molar-refractivity contribution in [3.05, 3.63) is 5.92 Å². The van der Waals surface area contributed by atoms with Crippen molar-refractivity contribution in [3.8, 4) is 0 Å². The molecule has 0 aromatic carbocycles. The molecule has 0 aromatic heterocycles. The molecule has 0 aliphatic heterocycles. The van der Waals surface area contributed by atoms with Crippen LogP contribution < -0.4 is 0 Å². The zero-order valence-corrected chi connectivity index (χ0v) is 7.58. The minimum Gasteiger partial charge on any atom is -0.0615 e. The van der Waals surface area contributed by atoms with Crippen LogP contribution in [0.5, 0.6) is 0 Å². The lowest BCUT2D eigenvalue weighted by Crippen LogP contribution is -2.20. The molecule has 0 N–H and O–H groups in total. The molecule has 0 heterocycles. The molecule has 0 bridgehead atoms. The van der Waals surface area contributed by atoms with E-state index in [-0.39, 0.29) is 0 Å². The molecule has 0 spiro atoms. The molecule has 1 unspecified atom stereocenters. The van der Waals surface area contributed by atoms with Gasteiger partial charge in [0.05, 0.1) is 0 Å². The molecule has 0 saturated carbocycles. The van der Waals surface area contributed by atoms with Crippen molar-refractivity contribution in [2.45, 2.75) is 41.5 Å². The molecular weight excluding hydrogens is 108 g/mol. The molecule has 0 amide bonds. The standard InChI is InChI=1S/C9H19/c1-7(2)8(3)9(4,5)6/h8H,1-6H3. The van der Waals surface area contributed by atoms with Gasteiger partial charge in [0.2, 0.25) is 0 Å². The molecule has 1 atom stereocenters. The van der Waals surface area contributed by atoms with Crippen LogP contribution in [0.1, 0.15) is 41.5 Å². The van der Waals surface area contributed by atoms with E-state index in [0.29, 0.717) is 5.41 Å². The van der Waals surface area contributed by atoms with Gasteiger partial charge in [-0.1, -0.05) is 41.5 Å². The molecule has 0 nitrogen and oxygen atoms in total. The van der Waals surface area contributed by atoms with Crippen LogP contribution in [0.2, 0.25) is 0 Å². The summed E-state index contributed by atoms with van der Waals surface area (Å²) in [6.07, 6.45) is 0. The molecule has 0 aliphatic carbocycles. The minimum atomic E-state index is 0.443. The van der Waals surface area contributed by atoms with Crippen molar-refractivity contribution in [3.63, 3.8) is 0 Å². The van der Waals surface area contributed by atoms with E-state index < -0.39 is 0 Å². The van der Waals surface area contributed by atoms with E-state index in [2.05, 4.69) is 41.5 Å². The maximum Gasteiger partial charge on any atom is -0.0270 e. The van der Waals surface area contributed by atoms with Crippen molar-refractivity contribution in [1.82, 2.24) is 0 Å². The first-order valence-electron chi connectivity index (χ1n) is 3.65. The van der Waals surface area contributed by atoms with Gasteiger partial charge in [-0.3, -0.25) is 0 Å². The normalized spacial score (nSPS) is 16.3. The largest absolute Gasteiger partial charge is 0.0615 e. The lowest BCUT2D eigenvalue weighted by molar-refractivity contribution is 0.275. The third-order valence-electron chi connectivity index (χ3n) is 2.17. The van der Waals surface area contributed by atoms with E-state index in [1.807, 2.05) is 0 Å². The Hall–Kier alpha value is 0. The number of rotatable bonds is 1. The Kier molecular flexibility index (Phi) is 2.72. The van der Waals surface area contributed by atoms with Crippen molar-refractivity contribution in [1.29, 1.82) is 0 Å². The van der Waals surface area contributed by atoms with Crippen molar-refractivity contribution >= 4 is 0 Å². The molecule has 0 aliphatic rings. The quantitative estimate of drug-likeness (QED) is 0.507. The Labute approximate surface area is 59.7 Å². The van der Waals surface area contributed by atoms with Crippen molar-refractivity contribution in [2.75, 3.05) is 0 Å². The average molecular weight is 127 g/mol.